The van der Waals surface area contributed by atoms with Crippen LogP contribution in [0.4, 0.5) is 0 Å². The van der Waals surface area contributed by atoms with Gasteiger partial charge in [0.25, 0.3) is 0 Å². The summed E-state index contributed by atoms with van der Waals surface area (Å²) in [4.78, 5) is 23.1. The summed E-state index contributed by atoms with van der Waals surface area (Å²) in [6.07, 6.45) is 6.94. The number of rotatable bonds is 3. The minimum Gasteiger partial charge on any atom is -0.481 e. The van der Waals surface area contributed by atoms with Crippen molar-refractivity contribution in [1.29, 1.82) is 0 Å². The van der Waals surface area contributed by atoms with Gasteiger partial charge in [0.05, 0.1) is 5.92 Å². The maximum absolute atomic E-state index is 12.1. The molecular formula is C14H21NO3. The third kappa shape index (κ3) is 2.13. The van der Waals surface area contributed by atoms with Crippen molar-refractivity contribution in [2.45, 2.75) is 51.0 Å². The van der Waals surface area contributed by atoms with Crippen LogP contribution < -0.4 is 5.32 Å². The summed E-state index contributed by atoms with van der Waals surface area (Å²) < 4.78 is 0. The number of carboxylic acid groups (broad SMARTS) is 1. The number of hydrogen-bond acceptors (Lipinski definition) is 2. The van der Waals surface area contributed by atoms with E-state index in [2.05, 4.69) is 5.32 Å². The Balaban J connectivity index is 1.50. The molecule has 2 N–H and O–H groups in total. The molecule has 0 radical (unpaired) electrons. The molecule has 0 aliphatic heterocycles. The van der Waals surface area contributed by atoms with Crippen LogP contribution in [0, 0.1) is 23.7 Å². The fourth-order valence-electron chi connectivity index (χ4n) is 4.05. The highest BCUT2D eigenvalue weighted by Crippen LogP contribution is 2.57. The van der Waals surface area contributed by atoms with Gasteiger partial charge in [-0.25, -0.2) is 0 Å². The second-order valence-electron chi connectivity index (χ2n) is 6.19. The van der Waals surface area contributed by atoms with E-state index in [0.29, 0.717) is 18.3 Å². The van der Waals surface area contributed by atoms with E-state index < -0.39 is 5.97 Å². The monoisotopic (exact) mass is 251 g/mol. The number of fused-ring (bicyclic) bond motifs is 1. The van der Waals surface area contributed by atoms with Gasteiger partial charge in [-0.05, 0) is 43.9 Å². The average Bonchev–Trinajstić information content (AvgIpc) is 2.84. The van der Waals surface area contributed by atoms with Gasteiger partial charge < -0.3 is 10.4 Å². The Morgan fingerprint density at radius 1 is 1.00 bits per heavy atom. The van der Waals surface area contributed by atoms with Crippen LogP contribution in [-0.2, 0) is 9.59 Å². The van der Waals surface area contributed by atoms with Crippen LogP contribution >= 0.6 is 0 Å². The Kier molecular flexibility index (Phi) is 3.04. The minimum absolute atomic E-state index is 0.0914. The molecule has 0 bridgehead atoms. The lowest BCUT2D eigenvalue weighted by Gasteiger charge is -2.27. The van der Waals surface area contributed by atoms with E-state index in [1.807, 2.05) is 0 Å². The van der Waals surface area contributed by atoms with Gasteiger partial charge in [-0.15, -0.1) is 0 Å². The van der Waals surface area contributed by atoms with Crippen molar-refractivity contribution >= 4 is 11.9 Å². The molecule has 3 aliphatic carbocycles. The fourth-order valence-corrected chi connectivity index (χ4v) is 4.05. The van der Waals surface area contributed by atoms with Gasteiger partial charge in [-0.1, -0.05) is 12.8 Å². The van der Waals surface area contributed by atoms with Crippen molar-refractivity contribution < 1.29 is 14.7 Å². The number of nitrogens with one attached hydrogen (secondary N) is 1. The standard InChI is InChI=1S/C14H21NO3/c16-13(12-10-5-2-6-11(10)12)15-9-4-1-3-8(7-9)14(17)18/h8-12H,1-7H2,(H,15,16)(H,17,18). The van der Waals surface area contributed by atoms with Crippen molar-refractivity contribution in [3.8, 4) is 0 Å². The third-order valence-corrected chi connectivity index (χ3v) is 5.08. The molecule has 0 aromatic carbocycles. The summed E-state index contributed by atoms with van der Waals surface area (Å²) in [6, 6.07) is 0.0914. The number of carbonyl (C=O) groups is 2. The molecule has 0 aromatic rings. The molecule has 100 valence electrons. The van der Waals surface area contributed by atoms with E-state index >= 15 is 0 Å². The highest BCUT2D eigenvalue weighted by Gasteiger charge is 2.56. The third-order valence-electron chi connectivity index (χ3n) is 5.08. The van der Waals surface area contributed by atoms with Gasteiger partial charge in [0.2, 0.25) is 5.91 Å². The van der Waals surface area contributed by atoms with E-state index in [1.165, 1.54) is 19.3 Å². The van der Waals surface area contributed by atoms with Crippen molar-refractivity contribution in [1.82, 2.24) is 5.32 Å². The summed E-state index contributed by atoms with van der Waals surface area (Å²) in [5.41, 5.74) is 0. The highest BCUT2D eigenvalue weighted by atomic mass is 16.4. The van der Waals surface area contributed by atoms with Gasteiger partial charge in [0.1, 0.15) is 0 Å². The van der Waals surface area contributed by atoms with Crippen LogP contribution in [0.3, 0.4) is 0 Å². The predicted molar refractivity (Wildman–Crippen MR) is 65.8 cm³/mol. The van der Waals surface area contributed by atoms with Crippen LogP contribution in [0.25, 0.3) is 0 Å². The summed E-state index contributed by atoms with van der Waals surface area (Å²) in [5, 5.41) is 12.1. The summed E-state index contributed by atoms with van der Waals surface area (Å²) in [6.45, 7) is 0. The Hall–Kier alpha value is -1.06. The van der Waals surface area contributed by atoms with E-state index in [4.69, 9.17) is 5.11 Å². The molecule has 18 heavy (non-hydrogen) atoms. The largest absolute Gasteiger partial charge is 0.481 e. The molecule has 0 saturated heterocycles. The van der Waals surface area contributed by atoms with Gasteiger partial charge >= 0.3 is 5.97 Å². The highest BCUT2D eigenvalue weighted by molar-refractivity contribution is 5.82. The number of hydrogen-bond donors (Lipinski definition) is 2. The molecule has 3 fully saturated rings. The number of amides is 1. The number of carboxylic acids is 1. The maximum atomic E-state index is 12.1. The van der Waals surface area contributed by atoms with Gasteiger partial charge in [0.15, 0.2) is 0 Å². The number of aliphatic carboxylic acids is 1. The van der Waals surface area contributed by atoms with Gasteiger partial charge in [-0.2, -0.15) is 0 Å². The van der Waals surface area contributed by atoms with Crippen LogP contribution in [0.2, 0.25) is 0 Å². The zero-order valence-electron chi connectivity index (χ0n) is 10.6. The van der Waals surface area contributed by atoms with Crippen LogP contribution in [0.1, 0.15) is 44.9 Å². The maximum Gasteiger partial charge on any atom is 0.306 e. The molecular weight excluding hydrogens is 230 g/mol. The number of carbonyl (C=O) groups excluding carboxylic acids is 1. The molecule has 4 atom stereocenters. The average molecular weight is 251 g/mol. The van der Waals surface area contributed by atoms with Crippen molar-refractivity contribution in [2.75, 3.05) is 0 Å². The Labute approximate surface area is 107 Å². The Morgan fingerprint density at radius 3 is 2.33 bits per heavy atom. The molecule has 1 amide bonds. The lowest BCUT2D eigenvalue weighted by Crippen LogP contribution is -2.41. The molecule has 0 heterocycles. The Bertz CT molecular complexity index is 358. The summed E-state index contributed by atoms with van der Waals surface area (Å²) in [5.74, 6) is 0.761. The van der Waals surface area contributed by atoms with Crippen LogP contribution in [0.5, 0.6) is 0 Å². The molecule has 4 nitrogen and oxygen atoms in total. The Morgan fingerprint density at radius 2 is 1.67 bits per heavy atom. The molecule has 3 saturated carbocycles. The first kappa shape index (κ1) is 12.0. The predicted octanol–water partition coefficient (Wildman–Crippen LogP) is 1.79. The lowest BCUT2D eigenvalue weighted by molar-refractivity contribution is -0.143. The first-order valence-corrected chi connectivity index (χ1v) is 7.20. The molecule has 0 aromatic heterocycles. The summed E-state index contributed by atoms with van der Waals surface area (Å²) in [7, 11) is 0. The molecule has 3 aliphatic rings. The van der Waals surface area contributed by atoms with Crippen LogP contribution in [0.15, 0.2) is 0 Å². The molecule has 0 spiro atoms. The van der Waals surface area contributed by atoms with Gasteiger partial charge in [0, 0.05) is 12.0 Å². The molecule has 4 unspecified atom stereocenters. The normalized spacial score (nSPS) is 42.1. The summed E-state index contributed by atoms with van der Waals surface area (Å²) >= 11 is 0. The topological polar surface area (TPSA) is 66.4 Å². The SMILES string of the molecule is O=C(O)C1CCCC(NC(=O)C2C3CCCC32)C1. The smallest absolute Gasteiger partial charge is 0.306 e. The van der Waals surface area contributed by atoms with Crippen molar-refractivity contribution in [2.24, 2.45) is 23.7 Å². The van der Waals surface area contributed by atoms with E-state index in [0.717, 1.165) is 19.3 Å². The van der Waals surface area contributed by atoms with E-state index in [-0.39, 0.29) is 23.8 Å². The minimum atomic E-state index is -0.711. The lowest BCUT2D eigenvalue weighted by atomic mass is 9.85. The quantitative estimate of drug-likeness (QED) is 0.803. The first-order valence-electron chi connectivity index (χ1n) is 7.20. The molecule has 4 heteroatoms. The van der Waals surface area contributed by atoms with Crippen LogP contribution in [-0.4, -0.2) is 23.0 Å². The van der Waals surface area contributed by atoms with E-state index in [9.17, 15) is 9.59 Å². The zero-order chi connectivity index (χ0) is 12.7. The molecule has 3 rings (SSSR count). The fraction of sp³-hybridized carbons (Fsp3) is 0.857. The first-order chi connectivity index (χ1) is 8.66. The zero-order valence-corrected chi connectivity index (χ0v) is 10.6. The van der Waals surface area contributed by atoms with Crippen molar-refractivity contribution in [3.05, 3.63) is 0 Å². The van der Waals surface area contributed by atoms with Crippen molar-refractivity contribution in [3.63, 3.8) is 0 Å². The van der Waals surface area contributed by atoms with E-state index in [1.54, 1.807) is 0 Å². The second-order valence-corrected chi connectivity index (χ2v) is 6.19. The second kappa shape index (κ2) is 4.56. The van der Waals surface area contributed by atoms with Gasteiger partial charge in [-0.3, -0.25) is 9.59 Å².